The van der Waals surface area contributed by atoms with Crippen LogP contribution in [0.15, 0.2) is 236 Å². The number of nitrogens with zero attached hydrogens (tertiary/aromatic N) is 5. The predicted molar refractivity (Wildman–Crippen MR) is 254 cm³/mol. The average molecular weight is 775 g/mol. The second kappa shape index (κ2) is 18.3. The van der Waals surface area contributed by atoms with Crippen molar-refractivity contribution < 1.29 is 0 Å². The molecule has 5 aromatic carbocycles. The van der Waals surface area contributed by atoms with E-state index >= 15 is 0 Å². The Labute approximate surface area is 353 Å². The fourth-order valence-corrected chi connectivity index (χ4v) is 7.92. The van der Waals surface area contributed by atoms with Crippen LogP contribution >= 0.6 is 0 Å². The molecule has 0 saturated carbocycles. The summed E-state index contributed by atoms with van der Waals surface area (Å²) >= 11 is 0. The van der Waals surface area contributed by atoms with Gasteiger partial charge in [-0.05, 0) is 23.3 Å². The van der Waals surface area contributed by atoms with E-state index in [9.17, 15) is 0 Å². The molecule has 0 aliphatic carbocycles. The van der Waals surface area contributed by atoms with E-state index in [1.54, 1.807) is 6.08 Å². The Morgan fingerprint density at radius 3 is 1.97 bits per heavy atom. The molecule has 7 aromatic rings. The van der Waals surface area contributed by atoms with E-state index in [0.717, 1.165) is 38.9 Å². The van der Waals surface area contributed by atoms with Crippen LogP contribution in [0.4, 0.5) is 5.82 Å². The molecule has 6 nitrogen and oxygen atoms in total. The van der Waals surface area contributed by atoms with Gasteiger partial charge in [-0.3, -0.25) is 0 Å². The minimum Gasteiger partial charge on any atom is -0.380 e. The normalized spacial score (nSPS) is 13.8. The molecule has 2 N–H and O–H groups in total. The third-order valence-electron chi connectivity index (χ3n) is 10.8. The van der Waals surface area contributed by atoms with Crippen molar-refractivity contribution in [1.29, 1.82) is 0 Å². The summed E-state index contributed by atoms with van der Waals surface area (Å²) in [5, 5.41) is 4.84. The van der Waals surface area contributed by atoms with Gasteiger partial charge in [-0.2, -0.15) is 0 Å². The van der Waals surface area contributed by atoms with E-state index in [-0.39, 0.29) is 25.2 Å². The van der Waals surface area contributed by atoms with Crippen LogP contribution in [-0.4, -0.2) is 39.0 Å². The third kappa shape index (κ3) is 8.64. The van der Waals surface area contributed by atoms with Crippen molar-refractivity contribution in [3.8, 4) is 22.5 Å². The van der Waals surface area contributed by atoms with Gasteiger partial charge in [0.1, 0.15) is 0 Å². The second-order valence-electron chi connectivity index (χ2n) is 14.7. The first-order chi connectivity index (χ1) is 29.5. The van der Waals surface area contributed by atoms with Crippen LogP contribution in [0.2, 0.25) is 0 Å². The molecule has 8 heteroatoms. The number of allylic oxidation sites excluding steroid dienone is 9. The number of fused-ring (bicyclic) bond motifs is 3. The standard InChI is InChI=1S/C52H44B2N6/c1-4-6-19-38(3)53(43-21-10-7-11-22-43)42(5-2)27-18-20-41-37-60-52(48-29-17-16-28-47(41)48)58-51(59-60)50(55)57-49-35-32-40(36-56-49)39-30-33-46(34-31-39)54(44-23-12-8-13-24-44)45-25-14-9-15-26-45/h4-36,41H,1-3,37H2,(H2,55,56,57)/b19-6-,20-18+,42-27+. The summed E-state index contributed by atoms with van der Waals surface area (Å²) in [5.41, 5.74) is 17.7. The lowest BCUT2D eigenvalue weighted by Gasteiger charge is -2.23. The highest BCUT2D eigenvalue weighted by molar-refractivity contribution is 6.95. The molecule has 1 atom stereocenters. The van der Waals surface area contributed by atoms with Gasteiger partial charge in [0, 0.05) is 23.2 Å². The number of aromatic nitrogens is 4. The van der Waals surface area contributed by atoms with Crippen LogP contribution in [0.25, 0.3) is 22.5 Å². The lowest BCUT2D eigenvalue weighted by molar-refractivity contribution is 0.562. The predicted octanol–water partition coefficient (Wildman–Crippen LogP) is 8.10. The fraction of sp³-hybridized carbons (Fsp3) is 0.0385. The molecule has 288 valence electrons. The molecule has 0 saturated heterocycles. The fourth-order valence-electron chi connectivity index (χ4n) is 7.92. The van der Waals surface area contributed by atoms with Crippen LogP contribution in [0, 0.1) is 0 Å². The topological polar surface area (TPSA) is 82.0 Å². The number of amidine groups is 1. The van der Waals surface area contributed by atoms with Gasteiger partial charge < -0.3 is 5.73 Å². The van der Waals surface area contributed by atoms with E-state index in [1.165, 1.54) is 22.0 Å². The van der Waals surface area contributed by atoms with Crippen molar-refractivity contribution in [2.45, 2.75) is 12.5 Å². The van der Waals surface area contributed by atoms with Crippen LogP contribution in [-0.2, 0) is 6.54 Å². The summed E-state index contributed by atoms with van der Waals surface area (Å²) in [4.78, 5) is 14.2. The Bertz CT molecular complexity index is 2690. The van der Waals surface area contributed by atoms with Gasteiger partial charge >= 0.3 is 0 Å². The van der Waals surface area contributed by atoms with E-state index in [0.29, 0.717) is 18.2 Å². The zero-order valence-corrected chi connectivity index (χ0v) is 33.4. The van der Waals surface area contributed by atoms with E-state index in [4.69, 9.17) is 15.8 Å². The summed E-state index contributed by atoms with van der Waals surface area (Å²) in [6.07, 6.45) is 15.8. The third-order valence-corrected chi connectivity index (χ3v) is 10.8. The molecular formula is C52H44B2N6. The van der Waals surface area contributed by atoms with Gasteiger partial charge in [-0.15, -0.1) is 11.7 Å². The van der Waals surface area contributed by atoms with Gasteiger partial charge in [0.05, 0.1) is 6.54 Å². The molecule has 3 heterocycles. The molecule has 8 rings (SSSR count). The molecule has 1 aliphatic rings. The van der Waals surface area contributed by atoms with Crippen molar-refractivity contribution in [2.24, 2.45) is 10.7 Å². The zero-order valence-electron chi connectivity index (χ0n) is 33.4. The lowest BCUT2D eigenvalue weighted by Crippen LogP contribution is -2.51. The first-order valence-corrected chi connectivity index (χ1v) is 20.1. The maximum atomic E-state index is 6.57. The monoisotopic (exact) mass is 774 g/mol. The molecule has 0 fully saturated rings. The SMILES string of the molecule is C=C/C=C\C(=C)B(/C(C=C)=C/C=C/C1Cn2nc(C(N)=Nc3ccc(-c4ccc(B(c5ccccc5)c5ccccc5)cc4)cn3)nc2-c2ccccc21)c1ccccc1. The summed E-state index contributed by atoms with van der Waals surface area (Å²) in [5.74, 6) is 1.86. The number of rotatable bonds is 14. The minimum atomic E-state index is -0.0503. The van der Waals surface area contributed by atoms with Crippen LogP contribution in [0.5, 0.6) is 0 Å². The van der Waals surface area contributed by atoms with Gasteiger partial charge in [0.25, 0.3) is 0 Å². The average Bonchev–Trinajstić information content (AvgIpc) is 3.74. The lowest BCUT2D eigenvalue weighted by atomic mass is 9.36. The number of aliphatic imine (C=N–C) groups is 1. The highest BCUT2D eigenvalue weighted by Gasteiger charge is 2.27. The van der Waals surface area contributed by atoms with Gasteiger partial charge in [-0.1, -0.05) is 228 Å². The number of hydrogen-bond acceptors (Lipinski definition) is 4. The van der Waals surface area contributed by atoms with E-state index in [1.807, 2.05) is 65.5 Å². The number of nitrogens with two attached hydrogens (primary N) is 1. The van der Waals surface area contributed by atoms with Crippen molar-refractivity contribution >= 4 is 46.9 Å². The first-order valence-electron chi connectivity index (χ1n) is 20.1. The Kier molecular flexibility index (Phi) is 12.0. The van der Waals surface area contributed by atoms with Crippen LogP contribution < -0.4 is 27.6 Å². The summed E-state index contributed by atoms with van der Waals surface area (Å²) < 4.78 is 1.92. The molecule has 0 spiro atoms. The van der Waals surface area contributed by atoms with Crippen molar-refractivity contribution in [3.63, 3.8) is 0 Å². The molecule has 1 aliphatic heterocycles. The largest absolute Gasteiger partial charge is 0.380 e. The maximum Gasteiger partial charge on any atom is 0.241 e. The maximum absolute atomic E-state index is 6.57. The van der Waals surface area contributed by atoms with Crippen molar-refractivity contribution in [2.75, 3.05) is 0 Å². The smallest absolute Gasteiger partial charge is 0.241 e. The quantitative estimate of drug-likeness (QED) is 0.0525. The molecule has 0 radical (unpaired) electrons. The first kappa shape index (κ1) is 39.3. The van der Waals surface area contributed by atoms with Crippen molar-refractivity contribution in [1.82, 2.24) is 19.7 Å². The van der Waals surface area contributed by atoms with Crippen LogP contribution in [0.3, 0.4) is 0 Å². The zero-order chi connectivity index (χ0) is 41.3. The second-order valence-corrected chi connectivity index (χ2v) is 14.7. The number of hydrogen-bond donors (Lipinski definition) is 1. The highest BCUT2D eigenvalue weighted by atomic mass is 15.4. The summed E-state index contributed by atoms with van der Waals surface area (Å²) in [6.45, 7) is 13.1. The van der Waals surface area contributed by atoms with Crippen LogP contribution in [0.1, 0.15) is 17.3 Å². The van der Waals surface area contributed by atoms with Crippen molar-refractivity contribution in [3.05, 3.63) is 242 Å². The van der Waals surface area contributed by atoms with Gasteiger partial charge in [-0.25, -0.2) is 19.6 Å². The Hall–Kier alpha value is -7.57. The molecule has 60 heavy (non-hydrogen) atoms. The Balaban J connectivity index is 0.999. The molecule has 0 amide bonds. The number of pyridine rings is 1. The Morgan fingerprint density at radius 2 is 1.33 bits per heavy atom. The Morgan fingerprint density at radius 1 is 0.717 bits per heavy atom. The minimum absolute atomic E-state index is 0.0496. The van der Waals surface area contributed by atoms with E-state index < -0.39 is 0 Å². The molecule has 1 unspecified atom stereocenters. The molecular weight excluding hydrogens is 730 g/mol. The highest BCUT2D eigenvalue weighted by Crippen LogP contribution is 2.35. The molecule has 0 bridgehead atoms. The summed E-state index contributed by atoms with van der Waals surface area (Å²) in [6, 6.07) is 52.5. The van der Waals surface area contributed by atoms with E-state index in [2.05, 4.69) is 163 Å². The molecule has 2 aromatic heterocycles. The van der Waals surface area contributed by atoms with Gasteiger partial charge in [0.2, 0.25) is 19.2 Å². The summed E-state index contributed by atoms with van der Waals surface area (Å²) in [7, 11) is 0. The van der Waals surface area contributed by atoms with Gasteiger partial charge in [0.15, 0.2) is 17.5 Å². The number of benzene rings is 5.